The van der Waals surface area contributed by atoms with Gasteiger partial charge < -0.3 is 9.73 Å². The van der Waals surface area contributed by atoms with E-state index in [1.807, 2.05) is 0 Å². The van der Waals surface area contributed by atoms with Crippen LogP contribution >= 0.6 is 0 Å². The molecule has 0 atom stereocenters. The van der Waals surface area contributed by atoms with E-state index in [2.05, 4.69) is 57.0 Å². The van der Waals surface area contributed by atoms with E-state index in [0.29, 0.717) is 5.54 Å². The first-order valence-corrected chi connectivity index (χ1v) is 7.34. The first-order chi connectivity index (χ1) is 8.76. The normalized spacial score (nSPS) is 20.1. The summed E-state index contributed by atoms with van der Waals surface area (Å²) in [5, 5.41) is 3.45. The Morgan fingerprint density at radius 3 is 2.53 bits per heavy atom. The third-order valence-corrected chi connectivity index (χ3v) is 3.93. The number of likely N-dealkylation sites (tertiary alicyclic amines) is 1. The lowest BCUT2D eigenvalue weighted by atomic mass is 10.0. The van der Waals surface area contributed by atoms with Gasteiger partial charge in [-0.1, -0.05) is 0 Å². The Morgan fingerprint density at radius 1 is 1.26 bits per heavy atom. The van der Waals surface area contributed by atoms with Gasteiger partial charge in [-0.3, -0.25) is 4.90 Å². The van der Waals surface area contributed by atoms with Crippen molar-refractivity contribution in [1.82, 2.24) is 10.2 Å². The van der Waals surface area contributed by atoms with Gasteiger partial charge in [0.15, 0.2) is 0 Å². The highest BCUT2D eigenvalue weighted by molar-refractivity contribution is 5.08. The number of nitrogens with one attached hydrogen (secondary N) is 1. The van der Waals surface area contributed by atoms with Gasteiger partial charge in [0, 0.05) is 11.1 Å². The predicted molar refractivity (Wildman–Crippen MR) is 79.0 cm³/mol. The molecule has 1 N–H and O–H groups in total. The van der Waals surface area contributed by atoms with Crippen LogP contribution in [0.3, 0.4) is 0 Å². The molecule has 1 aromatic rings. The monoisotopic (exact) mass is 264 g/mol. The molecule has 0 aromatic carbocycles. The molecule has 1 aliphatic rings. The van der Waals surface area contributed by atoms with Gasteiger partial charge in [0.1, 0.15) is 11.5 Å². The first kappa shape index (κ1) is 14.6. The third-order valence-electron chi connectivity index (χ3n) is 3.93. The molecule has 0 amide bonds. The molecule has 108 valence electrons. The van der Waals surface area contributed by atoms with E-state index in [0.717, 1.165) is 24.6 Å². The second kappa shape index (κ2) is 5.29. The topological polar surface area (TPSA) is 28.4 Å². The zero-order valence-corrected chi connectivity index (χ0v) is 13.0. The lowest BCUT2D eigenvalue weighted by molar-refractivity contribution is 0.153. The van der Waals surface area contributed by atoms with Crippen LogP contribution in [0.25, 0.3) is 0 Å². The molecule has 1 fully saturated rings. The summed E-state index contributed by atoms with van der Waals surface area (Å²) >= 11 is 0. The van der Waals surface area contributed by atoms with E-state index >= 15 is 0 Å². The number of rotatable bonds is 4. The lowest BCUT2D eigenvalue weighted by Gasteiger charge is -2.30. The largest absolute Gasteiger partial charge is 0.463 e. The van der Waals surface area contributed by atoms with Crippen LogP contribution in [0.2, 0.25) is 0 Å². The van der Waals surface area contributed by atoms with Crippen molar-refractivity contribution in [3.8, 4) is 0 Å². The summed E-state index contributed by atoms with van der Waals surface area (Å²) in [4.78, 5) is 2.52. The van der Waals surface area contributed by atoms with Crippen LogP contribution in [0, 0.1) is 0 Å². The van der Waals surface area contributed by atoms with Crippen molar-refractivity contribution in [2.24, 2.45) is 0 Å². The molecule has 2 heterocycles. The maximum absolute atomic E-state index is 5.93. The highest BCUT2D eigenvalue weighted by Gasteiger charge is 2.32. The molecule has 0 aliphatic carbocycles. The zero-order chi connectivity index (χ0) is 14.1. The van der Waals surface area contributed by atoms with Crippen LogP contribution in [-0.2, 0) is 13.1 Å². The van der Waals surface area contributed by atoms with Crippen LogP contribution < -0.4 is 5.32 Å². The zero-order valence-electron chi connectivity index (χ0n) is 13.0. The summed E-state index contributed by atoms with van der Waals surface area (Å²) in [5.74, 6) is 2.11. The highest BCUT2D eigenvalue weighted by atomic mass is 16.3. The molecule has 1 saturated heterocycles. The van der Waals surface area contributed by atoms with Gasteiger partial charge in [-0.25, -0.2) is 0 Å². The Hall–Kier alpha value is -0.800. The molecule has 1 aliphatic heterocycles. The van der Waals surface area contributed by atoms with Gasteiger partial charge in [-0.15, -0.1) is 0 Å². The van der Waals surface area contributed by atoms with Gasteiger partial charge in [0.2, 0.25) is 0 Å². The summed E-state index contributed by atoms with van der Waals surface area (Å²) < 4.78 is 5.93. The summed E-state index contributed by atoms with van der Waals surface area (Å²) in [6.45, 7) is 14.1. The Kier molecular flexibility index (Phi) is 4.07. The summed E-state index contributed by atoms with van der Waals surface area (Å²) in [7, 11) is 0. The molecule has 0 radical (unpaired) electrons. The average Bonchev–Trinajstić information content (AvgIpc) is 2.83. The maximum Gasteiger partial charge on any atom is 0.118 e. The summed E-state index contributed by atoms with van der Waals surface area (Å²) in [5.41, 5.74) is 0.445. The molecule has 3 nitrogen and oxygen atoms in total. The Morgan fingerprint density at radius 2 is 1.95 bits per heavy atom. The predicted octanol–water partition coefficient (Wildman–Crippen LogP) is 3.54. The van der Waals surface area contributed by atoms with Crippen molar-refractivity contribution in [3.05, 3.63) is 23.7 Å². The molecule has 3 heteroatoms. The minimum Gasteiger partial charge on any atom is -0.463 e. The third kappa shape index (κ3) is 4.08. The van der Waals surface area contributed by atoms with E-state index in [1.54, 1.807) is 0 Å². The van der Waals surface area contributed by atoms with Crippen LogP contribution in [0.4, 0.5) is 0 Å². The van der Waals surface area contributed by atoms with Crippen molar-refractivity contribution in [2.75, 3.05) is 6.54 Å². The highest BCUT2D eigenvalue weighted by Crippen LogP contribution is 2.30. The van der Waals surface area contributed by atoms with Gasteiger partial charge >= 0.3 is 0 Å². The van der Waals surface area contributed by atoms with Gasteiger partial charge in [-0.2, -0.15) is 0 Å². The molecule has 0 bridgehead atoms. The van der Waals surface area contributed by atoms with Crippen molar-refractivity contribution in [2.45, 2.75) is 71.6 Å². The van der Waals surface area contributed by atoms with Gasteiger partial charge in [0.05, 0.1) is 13.1 Å². The van der Waals surface area contributed by atoms with Gasteiger partial charge in [-0.05, 0) is 66.1 Å². The standard InChI is InChI=1S/C16H28N2O/c1-15(2,3)17-11-13-7-8-14(19-13)12-18-10-6-9-16(18,4)5/h7-8,17H,6,9-12H2,1-5H3. The van der Waals surface area contributed by atoms with Crippen molar-refractivity contribution < 1.29 is 4.42 Å². The molecule has 0 unspecified atom stereocenters. The smallest absolute Gasteiger partial charge is 0.118 e. The van der Waals surface area contributed by atoms with E-state index in [1.165, 1.54) is 19.4 Å². The fraction of sp³-hybridized carbons (Fsp3) is 0.750. The van der Waals surface area contributed by atoms with Crippen LogP contribution in [-0.4, -0.2) is 22.5 Å². The van der Waals surface area contributed by atoms with Crippen LogP contribution in [0.5, 0.6) is 0 Å². The lowest BCUT2D eigenvalue weighted by Crippen LogP contribution is -2.37. The van der Waals surface area contributed by atoms with Gasteiger partial charge in [0.25, 0.3) is 0 Å². The second-order valence-electron chi connectivity index (χ2n) is 7.31. The van der Waals surface area contributed by atoms with E-state index < -0.39 is 0 Å². The average molecular weight is 264 g/mol. The number of furan rings is 1. The molecule has 1 aromatic heterocycles. The van der Waals surface area contributed by atoms with Crippen LogP contribution in [0.15, 0.2) is 16.5 Å². The minimum absolute atomic E-state index is 0.129. The Bertz CT molecular complexity index is 415. The molecule has 0 spiro atoms. The summed E-state index contributed by atoms with van der Waals surface area (Å²) in [6.07, 6.45) is 2.58. The maximum atomic E-state index is 5.93. The minimum atomic E-state index is 0.129. The second-order valence-corrected chi connectivity index (χ2v) is 7.31. The first-order valence-electron chi connectivity index (χ1n) is 7.34. The molecule has 2 rings (SSSR count). The molecule has 0 saturated carbocycles. The van der Waals surface area contributed by atoms with E-state index in [9.17, 15) is 0 Å². The number of nitrogens with zero attached hydrogens (tertiary/aromatic N) is 1. The van der Waals surface area contributed by atoms with E-state index in [-0.39, 0.29) is 5.54 Å². The van der Waals surface area contributed by atoms with Crippen molar-refractivity contribution in [1.29, 1.82) is 0 Å². The van der Waals surface area contributed by atoms with Crippen LogP contribution in [0.1, 0.15) is 59.0 Å². The molecular weight excluding hydrogens is 236 g/mol. The fourth-order valence-corrected chi connectivity index (χ4v) is 2.60. The van der Waals surface area contributed by atoms with Crippen molar-refractivity contribution >= 4 is 0 Å². The molecular formula is C16H28N2O. The Labute approximate surface area is 117 Å². The van der Waals surface area contributed by atoms with Crippen molar-refractivity contribution in [3.63, 3.8) is 0 Å². The number of hydrogen-bond donors (Lipinski definition) is 1. The molecule has 19 heavy (non-hydrogen) atoms. The van der Waals surface area contributed by atoms with E-state index in [4.69, 9.17) is 4.42 Å². The summed E-state index contributed by atoms with van der Waals surface area (Å²) in [6, 6.07) is 4.21. The quantitative estimate of drug-likeness (QED) is 0.901. The Balaban J connectivity index is 1.91. The number of hydrogen-bond acceptors (Lipinski definition) is 3. The SMILES string of the molecule is CC(C)(C)NCc1ccc(CN2CCCC2(C)C)o1. The fourth-order valence-electron chi connectivity index (χ4n) is 2.60.